The van der Waals surface area contributed by atoms with Crippen molar-refractivity contribution in [2.45, 2.75) is 13.0 Å². The van der Waals surface area contributed by atoms with Crippen LogP contribution < -0.4 is 9.64 Å². The van der Waals surface area contributed by atoms with E-state index >= 15 is 0 Å². The van der Waals surface area contributed by atoms with E-state index in [1.807, 2.05) is 0 Å². The maximum atomic E-state index is 13.2. The Morgan fingerprint density at radius 1 is 1.18 bits per heavy atom. The Morgan fingerprint density at radius 2 is 1.82 bits per heavy atom. The second-order valence-corrected chi connectivity index (χ2v) is 7.28. The fourth-order valence-electron chi connectivity index (χ4n) is 3.04. The lowest BCUT2D eigenvalue weighted by Gasteiger charge is -2.37. The molecule has 0 aliphatic carbocycles. The number of ether oxygens (including phenoxy) is 1. The van der Waals surface area contributed by atoms with Crippen molar-refractivity contribution in [3.05, 3.63) is 62.9 Å². The largest absolute Gasteiger partial charge is 0.480 e. The molecule has 0 bridgehead atoms. The van der Waals surface area contributed by atoms with Crippen molar-refractivity contribution in [1.29, 1.82) is 0 Å². The van der Waals surface area contributed by atoms with Gasteiger partial charge in [0, 0.05) is 44.0 Å². The third-order valence-electron chi connectivity index (χ3n) is 4.56. The maximum absolute atomic E-state index is 13.2. The van der Waals surface area contributed by atoms with Crippen LogP contribution in [0.25, 0.3) is 0 Å². The van der Waals surface area contributed by atoms with Gasteiger partial charge in [-0.3, -0.25) is 14.9 Å². The van der Waals surface area contributed by atoms with E-state index in [4.69, 9.17) is 4.74 Å². The highest BCUT2D eigenvalue weighted by Crippen LogP contribution is 2.27. The molecule has 9 heteroatoms. The predicted octanol–water partition coefficient (Wildman–Crippen LogP) is 3.61. The molecule has 0 saturated carbocycles. The number of nitro benzene ring substituents is 1. The molecule has 2 aromatic rings. The van der Waals surface area contributed by atoms with E-state index in [9.17, 15) is 19.3 Å². The normalized spacial score (nSPS) is 15.2. The minimum atomic E-state index is -0.701. The van der Waals surface area contributed by atoms with E-state index in [2.05, 4.69) is 20.8 Å². The van der Waals surface area contributed by atoms with Crippen molar-refractivity contribution in [3.63, 3.8) is 0 Å². The number of piperazine rings is 1. The average Bonchev–Trinajstić information content (AvgIpc) is 2.69. The first-order chi connectivity index (χ1) is 13.3. The summed E-state index contributed by atoms with van der Waals surface area (Å²) in [4.78, 5) is 26.8. The minimum Gasteiger partial charge on any atom is -0.480 e. The second-order valence-electron chi connectivity index (χ2n) is 6.42. The number of nitrogens with zero attached hydrogens (tertiary/aromatic N) is 3. The first kappa shape index (κ1) is 20.1. The second kappa shape index (κ2) is 8.55. The molecule has 2 aromatic carbocycles. The predicted molar refractivity (Wildman–Crippen MR) is 106 cm³/mol. The van der Waals surface area contributed by atoms with Crippen LogP contribution in [0, 0.1) is 15.9 Å². The number of anilines is 1. The molecule has 1 heterocycles. The van der Waals surface area contributed by atoms with Crippen molar-refractivity contribution in [2.75, 3.05) is 31.1 Å². The highest BCUT2D eigenvalue weighted by Gasteiger charge is 2.26. The van der Waals surface area contributed by atoms with Gasteiger partial charge in [0.1, 0.15) is 11.6 Å². The number of non-ortho nitro benzene ring substituents is 1. The number of hydrogen-bond acceptors (Lipinski definition) is 5. The first-order valence-corrected chi connectivity index (χ1v) is 9.54. The molecule has 1 amide bonds. The van der Waals surface area contributed by atoms with Crippen LogP contribution in [0.4, 0.5) is 15.8 Å². The number of rotatable bonds is 5. The molecule has 1 aliphatic rings. The summed E-state index contributed by atoms with van der Waals surface area (Å²) in [6, 6.07) is 10.4. The van der Waals surface area contributed by atoms with E-state index in [1.165, 1.54) is 30.3 Å². The number of nitro groups is 1. The molecule has 1 saturated heterocycles. The molecular weight excluding hydrogens is 433 g/mol. The van der Waals surface area contributed by atoms with Crippen LogP contribution in [0.15, 0.2) is 46.9 Å². The molecular formula is C19H19BrFN3O4. The van der Waals surface area contributed by atoms with Gasteiger partial charge in [0.25, 0.3) is 11.6 Å². The number of carbonyl (C=O) groups excluding carboxylic acids is 1. The molecule has 0 radical (unpaired) electrons. The summed E-state index contributed by atoms with van der Waals surface area (Å²) in [5, 5.41) is 10.8. The van der Waals surface area contributed by atoms with Crippen LogP contribution in [0.5, 0.6) is 5.75 Å². The van der Waals surface area contributed by atoms with Gasteiger partial charge in [0.15, 0.2) is 6.10 Å². The van der Waals surface area contributed by atoms with Gasteiger partial charge in [-0.05, 0) is 53.2 Å². The fraction of sp³-hybridized carbons (Fsp3) is 0.316. The molecule has 148 valence electrons. The van der Waals surface area contributed by atoms with Gasteiger partial charge in [-0.2, -0.15) is 0 Å². The number of benzene rings is 2. The smallest absolute Gasteiger partial charge is 0.269 e. The summed E-state index contributed by atoms with van der Waals surface area (Å²) in [5.41, 5.74) is 0.938. The molecule has 7 nitrogen and oxygen atoms in total. The summed E-state index contributed by atoms with van der Waals surface area (Å²) in [6.07, 6.45) is -0.701. The Bertz CT molecular complexity index is 870. The standard InChI is InChI=1S/C19H19BrFN3O4/c1-13(28-18-7-2-14(21)12-17(18)20)19(25)23-10-8-22(9-11-23)15-3-5-16(6-4-15)24(26)27/h2-7,12-13H,8-11H2,1H3. The third kappa shape index (κ3) is 4.59. The van der Waals surface area contributed by atoms with Gasteiger partial charge in [0.05, 0.1) is 9.40 Å². The summed E-state index contributed by atoms with van der Waals surface area (Å²) in [7, 11) is 0. The molecule has 0 N–H and O–H groups in total. The number of hydrogen-bond donors (Lipinski definition) is 0. The summed E-state index contributed by atoms with van der Waals surface area (Å²) in [5.74, 6) is -0.119. The van der Waals surface area contributed by atoms with Gasteiger partial charge < -0.3 is 14.5 Å². The maximum Gasteiger partial charge on any atom is 0.269 e. The Labute approximate surface area is 170 Å². The van der Waals surface area contributed by atoms with Crippen molar-refractivity contribution in [3.8, 4) is 5.75 Å². The Hall–Kier alpha value is -2.68. The van der Waals surface area contributed by atoms with Gasteiger partial charge in [-0.1, -0.05) is 0 Å². The quantitative estimate of drug-likeness (QED) is 0.512. The monoisotopic (exact) mass is 451 g/mol. The molecule has 28 heavy (non-hydrogen) atoms. The molecule has 3 rings (SSSR count). The number of amides is 1. The third-order valence-corrected chi connectivity index (χ3v) is 5.18. The van der Waals surface area contributed by atoms with E-state index in [0.29, 0.717) is 36.4 Å². The summed E-state index contributed by atoms with van der Waals surface area (Å²) >= 11 is 3.23. The molecule has 1 unspecified atom stereocenters. The van der Waals surface area contributed by atoms with E-state index in [1.54, 1.807) is 24.0 Å². The summed E-state index contributed by atoms with van der Waals surface area (Å²) < 4.78 is 19.3. The Morgan fingerprint density at radius 3 is 2.39 bits per heavy atom. The van der Waals surface area contributed by atoms with Crippen LogP contribution in [0.2, 0.25) is 0 Å². The molecule has 0 spiro atoms. The van der Waals surface area contributed by atoms with E-state index in [0.717, 1.165) is 5.69 Å². The first-order valence-electron chi connectivity index (χ1n) is 8.75. The lowest BCUT2D eigenvalue weighted by Crippen LogP contribution is -2.52. The molecule has 1 fully saturated rings. The zero-order valence-electron chi connectivity index (χ0n) is 15.2. The van der Waals surface area contributed by atoms with Gasteiger partial charge in [-0.15, -0.1) is 0 Å². The zero-order valence-corrected chi connectivity index (χ0v) is 16.8. The van der Waals surface area contributed by atoms with Gasteiger partial charge in [-0.25, -0.2) is 4.39 Å². The van der Waals surface area contributed by atoms with Crippen molar-refractivity contribution in [1.82, 2.24) is 4.90 Å². The van der Waals surface area contributed by atoms with E-state index < -0.39 is 11.0 Å². The molecule has 1 aliphatic heterocycles. The van der Waals surface area contributed by atoms with Crippen molar-refractivity contribution in [2.24, 2.45) is 0 Å². The topological polar surface area (TPSA) is 75.9 Å². The molecule has 1 atom stereocenters. The van der Waals surface area contributed by atoms with Crippen LogP contribution in [0.3, 0.4) is 0 Å². The van der Waals surface area contributed by atoms with Crippen molar-refractivity contribution < 1.29 is 18.8 Å². The highest BCUT2D eigenvalue weighted by atomic mass is 79.9. The van der Waals surface area contributed by atoms with Gasteiger partial charge >= 0.3 is 0 Å². The van der Waals surface area contributed by atoms with Crippen molar-refractivity contribution >= 4 is 33.2 Å². The van der Waals surface area contributed by atoms with E-state index in [-0.39, 0.29) is 17.4 Å². The average molecular weight is 452 g/mol. The Balaban J connectivity index is 1.56. The van der Waals surface area contributed by atoms with Crippen LogP contribution in [-0.4, -0.2) is 48.0 Å². The van der Waals surface area contributed by atoms with Crippen LogP contribution in [-0.2, 0) is 4.79 Å². The van der Waals surface area contributed by atoms with Crippen LogP contribution in [0.1, 0.15) is 6.92 Å². The molecule has 0 aromatic heterocycles. The zero-order chi connectivity index (χ0) is 20.3. The lowest BCUT2D eigenvalue weighted by molar-refractivity contribution is -0.384. The highest BCUT2D eigenvalue weighted by molar-refractivity contribution is 9.10. The number of carbonyl (C=O) groups is 1. The fourth-order valence-corrected chi connectivity index (χ4v) is 3.48. The SMILES string of the molecule is CC(Oc1ccc(F)cc1Br)C(=O)N1CCN(c2ccc([N+](=O)[O-])cc2)CC1. The van der Waals surface area contributed by atoms with Gasteiger partial charge in [0.2, 0.25) is 0 Å². The summed E-state index contributed by atoms with van der Waals surface area (Å²) in [6.45, 7) is 3.95. The lowest BCUT2D eigenvalue weighted by atomic mass is 10.2. The Kier molecular flexibility index (Phi) is 6.13. The van der Waals surface area contributed by atoms with Crippen LogP contribution >= 0.6 is 15.9 Å². The number of halogens is 2. The minimum absolute atomic E-state index is 0.0514.